The summed E-state index contributed by atoms with van der Waals surface area (Å²) in [5, 5.41) is 0. The fraction of sp³-hybridized carbons (Fsp3) is 0.600. The first-order valence-electron chi connectivity index (χ1n) is 6.36. The van der Waals surface area contributed by atoms with E-state index in [0.29, 0.717) is 10.6 Å². The third kappa shape index (κ3) is 4.32. The molecule has 0 amide bonds. The summed E-state index contributed by atoms with van der Waals surface area (Å²) >= 11 is -2.03. The second kappa shape index (κ2) is 5.63. The lowest BCUT2D eigenvalue weighted by molar-refractivity contribution is 0.283. The van der Waals surface area contributed by atoms with Gasteiger partial charge in [0.05, 0.1) is 7.11 Å². The molecule has 1 aromatic carbocycles. The molecule has 0 aliphatic carbocycles. The van der Waals surface area contributed by atoms with Gasteiger partial charge >= 0.3 is 0 Å². The van der Waals surface area contributed by atoms with E-state index in [1.807, 2.05) is 6.07 Å². The van der Waals surface area contributed by atoms with Crippen LogP contribution >= 0.6 is 0 Å². The van der Waals surface area contributed by atoms with E-state index in [4.69, 9.17) is 4.74 Å². The van der Waals surface area contributed by atoms with E-state index in [1.165, 1.54) is 7.11 Å². The van der Waals surface area contributed by atoms with Crippen molar-refractivity contribution in [2.75, 3.05) is 7.11 Å². The van der Waals surface area contributed by atoms with E-state index in [2.05, 4.69) is 34.6 Å². The molecule has 0 aliphatic heterocycles. The second-order valence-electron chi connectivity index (χ2n) is 6.74. The van der Waals surface area contributed by atoms with Crippen molar-refractivity contribution < 1.29 is 13.5 Å². The smallest absolute Gasteiger partial charge is 0.190 e. The van der Waals surface area contributed by atoms with E-state index < -0.39 is 11.1 Å². The van der Waals surface area contributed by atoms with Crippen molar-refractivity contribution in [3.05, 3.63) is 23.8 Å². The topological polar surface area (TPSA) is 46.5 Å². The van der Waals surface area contributed by atoms with E-state index in [-0.39, 0.29) is 10.8 Å². The predicted molar refractivity (Wildman–Crippen MR) is 79.1 cm³/mol. The largest absolute Gasteiger partial charge is 0.495 e. The number of methoxy groups -OCH3 is 1. The maximum Gasteiger partial charge on any atom is 0.190 e. The zero-order valence-electron chi connectivity index (χ0n) is 12.6. The van der Waals surface area contributed by atoms with Crippen LogP contribution in [-0.2, 0) is 16.5 Å². The third-order valence-electron chi connectivity index (χ3n) is 3.11. The minimum atomic E-state index is -2.03. The molecule has 1 unspecified atom stereocenters. The normalized spacial score (nSPS) is 14.3. The van der Waals surface area contributed by atoms with E-state index in [1.54, 1.807) is 12.1 Å². The molecule has 108 valence electrons. The molecule has 1 N–H and O–H groups in total. The number of hydrogen-bond acceptors (Lipinski definition) is 2. The molecule has 0 aliphatic rings. The molecule has 0 fully saturated rings. The Labute approximate surface area is 118 Å². The van der Waals surface area contributed by atoms with Gasteiger partial charge in [0.2, 0.25) is 0 Å². The summed E-state index contributed by atoms with van der Waals surface area (Å²) < 4.78 is 25.8. The Morgan fingerprint density at radius 1 is 1.21 bits per heavy atom. The number of rotatable bonds is 4. The van der Waals surface area contributed by atoms with Crippen LogP contribution in [0.15, 0.2) is 23.1 Å². The molecular formula is C15H24O3S. The van der Waals surface area contributed by atoms with Crippen LogP contribution in [0.2, 0.25) is 0 Å². The SMILES string of the molecule is COc1ccc(C(C)(C)CC(C)(C)C)cc1S(=O)O. The van der Waals surface area contributed by atoms with Gasteiger partial charge in [-0.15, -0.1) is 0 Å². The van der Waals surface area contributed by atoms with Crippen molar-refractivity contribution in [3.8, 4) is 5.75 Å². The summed E-state index contributed by atoms with van der Waals surface area (Å²) in [6.07, 6.45) is 0.990. The van der Waals surface area contributed by atoms with Gasteiger partial charge in [-0.1, -0.05) is 40.7 Å². The van der Waals surface area contributed by atoms with Gasteiger partial charge in [-0.3, -0.25) is 0 Å². The van der Waals surface area contributed by atoms with Crippen LogP contribution < -0.4 is 4.74 Å². The lowest BCUT2D eigenvalue weighted by atomic mass is 9.72. The van der Waals surface area contributed by atoms with Crippen LogP contribution in [0.25, 0.3) is 0 Å². The summed E-state index contributed by atoms with van der Waals surface area (Å²) in [4.78, 5) is 0.335. The summed E-state index contributed by atoms with van der Waals surface area (Å²) in [6.45, 7) is 10.9. The van der Waals surface area contributed by atoms with Crippen LogP contribution in [0, 0.1) is 5.41 Å². The maximum atomic E-state index is 11.4. The molecule has 4 heteroatoms. The maximum absolute atomic E-state index is 11.4. The van der Waals surface area contributed by atoms with Gasteiger partial charge in [0.25, 0.3) is 0 Å². The van der Waals surface area contributed by atoms with Gasteiger partial charge in [0.1, 0.15) is 10.6 Å². The van der Waals surface area contributed by atoms with Crippen molar-refractivity contribution in [2.45, 2.75) is 51.3 Å². The van der Waals surface area contributed by atoms with Gasteiger partial charge in [-0.25, -0.2) is 4.21 Å². The molecule has 1 rings (SSSR count). The number of hydrogen-bond donors (Lipinski definition) is 1. The molecule has 0 saturated heterocycles. The highest BCUT2D eigenvalue weighted by Crippen LogP contribution is 2.38. The van der Waals surface area contributed by atoms with Crippen molar-refractivity contribution >= 4 is 11.1 Å². The summed E-state index contributed by atoms with van der Waals surface area (Å²) in [7, 11) is 1.51. The fourth-order valence-electron chi connectivity index (χ4n) is 2.66. The molecule has 3 nitrogen and oxygen atoms in total. The first-order valence-corrected chi connectivity index (χ1v) is 7.47. The minimum absolute atomic E-state index is 0.0569. The Kier molecular flexibility index (Phi) is 4.80. The monoisotopic (exact) mass is 284 g/mol. The van der Waals surface area contributed by atoms with Crippen molar-refractivity contribution in [1.29, 1.82) is 0 Å². The van der Waals surface area contributed by atoms with E-state index in [0.717, 1.165) is 12.0 Å². The molecular weight excluding hydrogens is 260 g/mol. The predicted octanol–water partition coefficient (Wildman–Crippen LogP) is 3.99. The average molecular weight is 284 g/mol. The third-order valence-corrected chi connectivity index (χ3v) is 3.80. The molecule has 19 heavy (non-hydrogen) atoms. The summed E-state index contributed by atoms with van der Waals surface area (Å²) in [5.41, 5.74) is 1.20. The minimum Gasteiger partial charge on any atom is -0.495 e. The van der Waals surface area contributed by atoms with Crippen LogP contribution in [0.1, 0.15) is 46.6 Å². The fourth-order valence-corrected chi connectivity index (χ4v) is 3.21. The van der Waals surface area contributed by atoms with Gasteiger partial charge in [-0.05, 0) is 34.9 Å². The van der Waals surface area contributed by atoms with Crippen molar-refractivity contribution in [3.63, 3.8) is 0 Å². The zero-order chi connectivity index (χ0) is 14.8. The Bertz CT molecular complexity index is 473. The van der Waals surface area contributed by atoms with Gasteiger partial charge in [-0.2, -0.15) is 0 Å². The summed E-state index contributed by atoms with van der Waals surface area (Å²) in [6, 6.07) is 5.52. The van der Waals surface area contributed by atoms with E-state index in [9.17, 15) is 8.76 Å². The highest BCUT2D eigenvalue weighted by Gasteiger charge is 2.28. The van der Waals surface area contributed by atoms with Gasteiger partial charge < -0.3 is 9.29 Å². The highest BCUT2D eigenvalue weighted by atomic mass is 32.2. The molecule has 0 saturated carbocycles. The van der Waals surface area contributed by atoms with Crippen molar-refractivity contribution in [2.24, 2.45) is 5.41 Å². The van der Waals surface area contributed by atoms with E-state index >= 15 is 0 Å². The second-order valence-corrected chi connectivity index (χ2v) is 7.67. The van der Waals surface area contributed by atoms with Crippen LogP contribution in [0.3, 0.4) is 0 Å². The molecule has 1 aromatic rings. The van der Waals surface area contributed by atoms with Crippen molar-refractivity contribution in [1.82, 2.24) is 0 Å². The van der Waals surface area contributed by atoms with Crippen LogP contribution in [-0.4, -0.2) is 15.9 Å². The Balaban J connectivity index is 3.21. The quantitative estimate of drug-likeness (QED) is 0.850. The lowest BCUT2D eigenvalue weighted by Gasteiger charge is -2.33. The first-order chi connectivity index (χ1) is 8.57. The van der Waals surface area contributed by atoms with Gasteiger partial charge in [0, 0.05) is 0 Å². The molecule has 1 atom stereocenters. The molecule has 0 aromatic heterocycles. The number of ether oxygens (including phenoxy) is 1. The molecule has 0 bridgehead atoms. The Morgan fingerprint density at radius 3 is 2.21 bits per heavy atom. The average Bonchev–Trinajstić information content (AvgIpc) is 2.24. The molecule has 0 spiro atoms. The number of benzene rings is 1. The standard InChI is InChI=1S/C15H24O3S/c1-14(2,3)10-15(4,5)11-7-8-12(18-6)13(9-11)19(16)17/h7-9H,10H2,1-6H3,(H,16,17). The Morgan fingerprint density at radius 2 is 1.79 bits per heavy atom. The first kappa shape index (κ1) is 16.2. The highest BCUT2D eigenvalue weighted by molar-refractivity contribution is 7.79. The molecule has 0 heterocycles. The van der Waals surface area contributed by atoms with Crippen LogP contribution in [0.5, 0.6) is 5.75 Å². The summed E-state index contributed by atoms with van der Waals surface area (Å²) in [5.74, 6) is 0.455. The molecule has 0 radical (unpaired) electrons. The lowest BCUT2D eigenvalue weighted by Crippen LogP contribution is -2.25. The zero-order valence-corrected chi connectivity index (χ0v) is 13.4. The Hall–Kier alpha value is -0.870. The van der Waals surface area contributed by atoms with Crippen LogP contribution in [0.4, 0.5) is 0 Å². The van der Waals surface area contributed by atoms with Gasteiger partial charge in [0.15, 0.2) is 11.1 Å².